The van der Waals surface area contributed by atoms with E-state index in [0.717, 1.165) is 47.3 Å². The molecule has 2 amide bonds. The van der Waals surface area contributed by atoms with Gasteiger partial charge >= 0.3 is 0 Å². The number of benzene rings is 4. The minimum atomic E-state index is -0.228. The van der Waals surface area contributed by atoms with Gasteiger partial charge < -0.3 is 58.2 Å². The zero-order chi connectivity index (χ0) is 47.2. The second-order valence-corrected chi connectivity index (χ2v) is 16.5. The number of methoxy groups -OCH3 is 3. The molecule has 8 rings (SSSR count). The summed E-state index contributed by atoms with van der Waals surface area (Å²) in [5.74, 6) is 2.40. The standard InChI is InChI=1S/C52H59N5O11/c1-60-17-18-63-19-20-64-21-22-65-23-24-66-42-13-9-36(10-14-42)38-26-41-32-55-46-30-50(48(62-3)28-44(46)52(59)57(41)34-38)68-16-6-4-5-15-67-49-29-45-43(27-47(49)61-2)51(58)56-33-37(25-40(56)31-54-45)35-7-11-39(53)12-8-35/h7-14,27-34,40-41H,4-6,15-26,53H2,1-3H3. The Balaban J connectivity index is 0.772. The Bertz CT molecular complexity index is 2510. The van der Waals surface area contributed by atoms with Gasteiger partial charge in [0.25, 0.3) is 11.8 Å². The summed E-state index contributed by atoms with van der Waals surface area (Å²) in [5, 5.41) is 0. The van der Waals surface area contributed by atoms with E-state index in [2.05, 4.69) is 0 Å². The molecule has 0 fully saturated rings. The summed E-state index contributed by atoms with van der Waals surface area (Å²) in [6.45, 7) is 4.85. The molecule has 4 aliphatic heterocycles. The Morgan fingerprint density at radius 3 is 1.46 bits per heavy atom. The minimum absolute atomic E-state index is 0.145. The van der Waals surface area contributed by atoms with Gasteiger partial charge in [-0.3, -0.25) is 19.6 Å². The Labute approximate surface area is 396 Å². The number of aliphatic imine (C=N–C) groups is 2. The highest BCUT2D eigenvalue weighted by Crippen LogP contribution is 2.42. The van der Waals surface area contributed by atoms with Crippen LogP contribution in [0, 0.1) is 0 Å². The molecule has 4 aromatic carbocycles. The smallest absolute Gasteiger partial charge is 0.260 e. The number of carbonyl (C=O) groups is 2. The summed E-state index contributed by atoms with van der Waals surface area (Å²) in [4.78, 5) is 40.6. The molecule has 358 valence electrons. The van der Waals surface area contributed by atoms with Gasteiger partial charge in [-0.25, -0.2) is 0 Å². The third-order valence-corrected chi connectivity index (χ3v) is 11.9. The van der Waals surface area contributed by atoms with Crippen molar-refractivity contribution in [3.63, 3.8) is 0 Å². The Hall–Kier alpha value is -6.72. The first kappa shape index (κ1) is 47.8. The molecule has 2 unspecified atom stereocenters. The summed E-state index contributed by atoms with van der Waals surface area (Å²) in [6, 6.07) is 22.0. The van der Waals surface area contributed by atoms with E-state index in [4.69, 9.17) is 58.4 Å². The van der Waals surface area contributed by atoms with Crippen LogP contribution >= 0.6 is 0 Å². The fourth-order valence-corrected chi connectivity index (χ4v) is 8.25. The van der Waals surface area contributed by atoms with Gasteiger partial charge in [0.1, 0.15) is 12.4 Å². The van der Waals surface area contributed by atoms with Gasteiger partial charge in [0.15, 0.2) is 23.0 Å². The molecular weight excluding hydrogens is 871 g/mol. The summed E-state index contributed by atoms with van der Waals surface area (Å²) in [7, 11) is 4.76. The van der Waals surface area contributed by atoms with Crippen molar-refractivity contribution in [3.05, 3.63) is 107 Å². The molecule has 4 aromatic rings. The van der Waals surface area contributed by atoms with Gasteiger partial charge in [0.2, 0.25) is 0 Å². The van der Waals surface area contributed by atoms with E-state index in [9.17, 15) is 9.59 Å². The van der Waals surface area contributed by atoms with Crippen molar-refractivity contribution < 1.29 is 52.2 Å². The second kappa shape index (κ2) is 23.3. The lowest BCUT2D eigenvalue weighted by Crippen LogP contribution is -2.32. The van der Waals surface area contributed by atoms with Gasteiger partial charge in [0.05, 0.1) is 108 Å². The van der Waals surface area contributed by atoms with Crippen molar-refractivity contribution in [2.45, 2.75) is 44.2 Å². The number of amides is 2. The highest BCUT2D eigenvalue weighted by atomic mass is 16.6. The third-order valence-electron chi connectivity index (χ3n) is 11.9. The summed E-state index contributed by atoms with van der Waals surface area (Å²) in [6.07, 6.45) is 11.1. The molecule has 68 heavy (non-hydrogen) atoms. The van der Waals surface area contributed by atoms with Gasteiger partial charge in [0, 0.05) is 62.6 Å². The largest absolute Gasteiger partial charge is 0.493 e. The van der Waals surface area contributed by atoms with E-state index in [0.29, 0.717) is 130 Å². The van der Waals surface area contributed by atoms with Crippen molar-refractivity contribution in [2.24, 2.45) is 9.98 Å². The SMILES string of the molecule is COCCOCCOCCOCCOc1ccc(C2=CN3C(=O)c4cc(OC)c(OCCCCCOc5cc6c(cc5OC)C(=O)N5C=C(c7ccc(N)cc7)CC5C=N6)cc4N=CC3C2)cc1. The quantitative estimate of drug-likeness (QED) is 0.0503. The van der Waals surface area contributed by atoms with Crippen LogP contribution < -0.4 is 29.4 Å². The molecule has 4 heterocycles. The molecule has 0 saturated heterocycles. The molecule has 0 radical (unpaired) electrons. The van der Waals surface area contributed by atoms with E-state index in [1.54, 1.807) is 55.4 Å². The van der Waals surface area contributed by atoms with E-state index in [1.165, 1.54) is 0 Å². The monoisotopic (exact) mass is 929 g/mol. The van der Waals surface area contributed by atoms with Crippen LogP contribution in [0.2, 0.25) is 0 Å². The van der Waals surface area contributed by atoms with Crippen molar-refractivity contribution in [3.8, 4) is 28.7 Å². The fraction of sp³-hybridized carbons (Fsp3) is 0.385. The lowest BCUT2D eigenvalue weighted by Gasteiger charge is -2.19. The summed E-state index contributed by atoms with van der Waals surface area (Å²) < 4.78 is 51.0. The molecule has 16 nitrogen and oxygen atoms in total. The van der Waals surface area contributed by atoms with E-state index in [-0.39, 0.29) is 23.9 Å². The molecule has 16 heteroatoms. The number of hydrogen-bond acceptors (Lipinski definition) is 14. The maximum absolute atomic E-state index is 13.9. The Morgan fingerprint density at radius 1 is 0.529 bits per heavy atom. The minimum Gasteiger partial charge on any atom is -0.493 e. The molecule has 0 aromatic heterocycles. The molecule has 0 aliphatic carbocycles. The maximum atomic E-state index is 13.9. The number of unbranched alkanes of at least 4 members (excludes halogenated alkanes) is 2. The Kier molecular flexibility index (Phi) is 16.4. The number of hydrogen-bond donors (Lipinski definition) is 1. The van der Waals surface area contributed by atoms with Crippen LogP contribution in [0.1, 0.15) is 63.9 Å². The zero-order valence-corrected chi connectivity index (χ0v) is 38.9. The van der Waals surface area contributed by atoms with Crippen LogP contribution in [0.5, 0.6) is 28.7 Å². The van der Waals surface area contributed by atoms with E-state index >= 15 is 0 Å². The Morgan fingerprint density at radius 2 is 0.985 bits per heavy atom. The summed E-state index contributed by atoms with van der Waals surface area (Å²) in [5.41, 5.74) is 12.6. The number of carbonyl (C=O) groups excluding carboxylic acids is 2. The number of anilines is 1. The highest BCUT2D eigenvalue weighted by Gasteiger charge is 2.35. The van der Waals surface area contributed by atoms with Crippen molar-refractivity contribution in [1.82, 2.24) is 9.80 Å². The highest BCUT2D eigenvalue weighted by molar-refractivity contribution is 6.06. The van der Waals surface area contributed by atoms with Crippen LogP contribution in [0.4, 0.5) is 17.1 Å². The fourth-order valence-electron chi connectivity index (χ4n) is 8.25. The van der Waals surface area contributed by atoms with Crippen LogP contribution in [0.3, 0.4) is 0 Å². The molecule has 2 atom stereocenters. The first-order valence-electron chi connectivity index (χ1n) is 23.0. The van der Waals surface area contributed by atoms with Gasteiger partial charge in [-0.2, -0.15) is 0 Å². The lowest BCUT2D eigenvalue weighted by atomic mass is 10.0. The average molecular weight is 930 g/mol. The van der Waals surface area contributed by atoms with Crippen LogP contribution in [0.15, 0.2) is 95.2 Å². The number of rotatable bonds is 25. The predicted molar refractivity (Wildman–Crippen MR) is 259 cm³/mol. The lowest BCUT2D eigenvalue weighted by molar-refractivity contribution is 0.000164. The number of nitrogens with two attached hydrogens (primary N) is 1. The topological polar surface area (TPSA) is 174 Å². The average Bonchev–Trinajstić information content (AvgIpc) is 3.94. The molecular formula is C52H59N5O11. The van der Waals surface area contributed by atoms with Crippen LogP contribution in [0.25, 0.3) is 11.1 Å². The summed E-state index contributed by atoms with van der Waals surface area (Å²) >= 11 is 0. The zero-order valence-electron chi connectivity index (χ0n) is 38.9. The van der Waals surface area contributed by atoms with Gasteiger partial charge in [-0.05, 0) is 77.9 Å². The molecule has 2 N–H and O–H groups in total. The van der Waals surface area contributed by atoms with Gasteiger partial charge in [-0.1, -0.05) is 24.3 Å². The van der Waals surface area contributed by atoms with Crippen LogP contribution in [-0.2, 0) is 18.9 Å². The molecule has 4 aliphatic rings. The molecule has 0 bridgehead atoms. The first-order chi connectivity index (χ1) is 33.3. The second-order valence-electron chi connectivity index (χ2n) is 16.5. The molecule has 0 saturated carbocycles. The van der Waals surface area contributed by atoms with Crippen molar-refractivity contribution >= 4 is 52.5 Å². The third kappa shape index (κ3) is 11.7. The first-order valence-corrected chi connectivity index (χ1v) is 23.0. The number of nitrogens with zero attached hydrogens (tertiary/aromatic N) is 4. The van der Waals surface area contributed by atoms with E-state index < -0.39 is 0 Å². The van der Waals surface area contributed by atoms with Gasteiger partial charge in [-0.15, -0.1) is 0 Å². The van der Waals surface area contributed by atoms with E-state index in [1.807, 2.05) is 73.4 Å². The normalized spacial score (nSPS) is 16.9. The van der Waals surface area contributed by atoms with Crippen LogP contribution in [-0.4, -0.2) is 134 Å². The van der Waals surface area contributed by atoms with Crippen molar-refractivity contribution in [1.29, 1.82) is 0 Å². The maximum Gasteiger partial charge on any atom is 0.260 e. The molecule has 0 spiro atoms. The van der Waals surface area contributed by atoms with Crippen molar-refractivity contribution in [2.75, 3.05) is 93.1 Å². The number of nitrogen functional groups attached to an aromatic ring is 1. The number of ether oxygens (including phenoxy) is 9. The number of fused-ring (bicyclic) bond motifs is 4. The predicted octanol–water partition coefficient (Wildman–Crippen LogP) is 7.93.